The summed E-state index contributed by atoms with van der Waals surface area (Å²) in [6, 6.07) is 8.90. The first kappa shape index (κ1) is 15.1. The third-order valence-corrected chi connectivity index (χ3v) is 4.88. The number of halogens is 1. The Morgan fingerprint density at radius 1 is 1.37 bits per heavy atom. The lowest BCUT2D eigenvalue weighted by atomic mass is 9.58. The normalized spacial score (nSPS) is 26.5. The minimum absolute atomic E-state index is 0.374. The SMILES string of the molecule is CCC1CC(CNCC(C)C)(c2cccc(Br)c2)C1. The van der Waals surface area contributed by atoms with E-state index < -0.39 is 0 Å². The molecule has 1 saturated carbocycles. The van der Waals surface area contributed by atoms with Crippen molar-refractivity contribution in [3.05, 3.63) is 34.3 Å². The van der Waals surface area contributed by atoms with Crippen LogP contribution in [0.25, 0.3) is 0 Å². The fourth-order valence-corrected chi connectivity index (χ4v) is 3.63. The van der Waals surface area contributed by atoms with Crippen molar-refractivity contribution in [3.63, 3.8) is 0 Å². The molecule has 1 aliphatic carbocycles. The smallest absolute Gasteiger partial charge is 0.0178 e. The molecule has 0 amide bonds. The van der Waals surface area contributed by atoms with Crippen molar-refractivity contribution >= 4 is 15.9 Å². The highest BCUT2D eigenvalue weighted by atomic mass is 79.9. The topological polar surface area (TPSA) is 12.0 Å². The average molecular weight is 324 g/mol. The third-order valence-electron chi connectivity index (χ3n) is 4.39. The second-order valence-electron chi connectivity index (χ2n) is 6.50. The summed E-state index contributed by atoms with van der Waals surface area (Å²) in [7, 11) is 0. The summed E-state index contributed by atoms with van der Waals surface area (Å²) >= 11 is 3.61. The number of nitrogens with one attached hydrogen (secondary N) is 1. The van der Waals surface area contributed by atoms with Crippen molar-refractivity contribution in [3.8, 4) is 0 Å². The predicted octanol–water partition coefficient (Wildman–Crippen LogP) is 4.75. The molecule has 0 heterocycles. The van der Waals surface area contributed by atoms with Gasteiger partial charge in [0.05, 0.1) is 0 Å². The Labute approximate surface area is 126 Å². The number of benzene rings is 1. The van der Waals surface area contributed by atoms with Gasteiger partial charge in [-0.2, -0.15) is 0 Å². The van der Waals surface area contributed by atoms with Crippen LogP contribution in [0.4, 0.5) is 0 Å². The summed E-state index contributed by atoms with van der Waals surface area (Å²) in [6.07, 6.45) is 4.00. The van der Waals surface area contributed by atoms with Gasteiger partial charge in [-0.3, -0.25) is 0 Å². The van der Waals surface area contributed by atoms with Gasteiger partial charge in [0.15, 0.2) is 0 Å². The van der Waals surface area contributed by atoms with E-state index in [1.54, 1.807) is 0 Å². The van der Waals surface area contributed by atoms with Gasteiger partial charge in [0, 0.05) is 16.4 Å². The van der Waals surface area contributed by atoms with Crippen LogP contribution in [-0.2, 0) is 5.41 Å². The van der Waals surface area contributed by atoms with Gasteiger partial charge >= 0.3 is 0 Å². The molecule has 0 saturated heterocycles. The highest BCUT2D eigenvalue weighted by Gasteiger charge is 2.44. The minimum Gasteiger partial charge on any atom is -0.316 e. The molecule has 0 spiro atoms. The quantitative estimate of drug-likeness (QED) is 0.796. The Morgan fingerprint density at radius 2 is 2.11 bits per heavy atom. The fraction of sp³-hybridized carbons (Fsp3) is 0.647. The molecule has 0 radical (unpaired) electrons. The van der Waals surface area contributed by atoms with E-state index in [1.165, 1.54) is 29.3 Å². The Bertz CT molecular complexity index is 407. The maximum atomic E-state index is 3.67. The van der Waals surface area contributed by atoms with E-state index in [4.69, 9.17) is 0 Å². The van der Waals surface area contributed by atoms with E-state index in [9.17, 15) is 0 Å². The Morgan fingerprint density at radius 3 is 2.68 bits per heavy atom. The van der Waals surface area contributed by atoms with Crippen LogP contribution in [0.1, 0.15) is 45.6 Å². The van der Waals surface area contributed by atoms with E-state index in [1.807, 2.05) is 0 Å². The van der Waals surface area contributed by atoms with Gasteiger partial charge in [-0.25, -0.2) is 0 Å². The summed E-state index contributed by atoms with van der Waals surface area (Å²) in [4.78, 5) is 0. The minimum atomic E-state index is 0.374. The summed E-state index contributed by atoms with van der Waals surface area (Å²) in [5.41, 5.74) is 1.88. The lowest BCUT2D eigenvalue weighted by Crippen LogP contribution is -2.49. The van der Waals surface area contributed by atoms with Crippen LogP contribution >= 0.6 is 15.9 Å². The first-order valence-electron chi connectivity index (χ1n) is 7.52. The van der Waals surface area contributed by atoms with Gasteiger partial charge in [0.1, 0.15) is 0 Å². The second-order valence-corrected chi connectivity index (χ2v) is 7.41. The molecule has 0 atom stereocenters. The molecule has 1 nitrogen and oxygen atoms in total. The Balaban J connectivity index is 2.08. The second kappa shape index (κ2) is 6.41. The molecule has 0 aliphatic heterocycles. The van der Waals surface area contributed by atoms with Gasteiger partial charge in [0.25, 0.3) is 0 Å². The number of hydrogen-bond acceptors (Lipinski definition) is 1. The van der Waals surface area contributed by atoms with Crippen molar-refractivity contribution in [2.45, 2.75) is 45.4 Å². The van der Waals surface area contributed by atoms with Crippen LogP contribution in [0.5, 0.6) is 0 Å². The Kier molecular flexibility index (Phi) is 5.08. The monoisotopic (exact) mass is 323 g/mol. The van der Waals surface area contributed by atoms with Crippen molar-refractivity contribution in [1.29, 1.82) is 0 Å². The molecule has 0 aromatic heterocycles. The molecule has 19 heavy (non-hydrogen) atoms. The summed E-state index contributed by atoms with van der Waals surface area (Å²) in [5, 5.41) is 3.67. The molecule has 0 bridgehead atoms. The van der Waals surface area contributed by atoms with Crippen LogP contribution in [0.15, 0.2) is 28.7 Å². The number of rotatable bonds is 6. The van der Waals surface area contributed by atoms with Crippen LogP contribution in [0, 0.1) is 11.8 Å². The van der Waals surface area contributed by atoms with Crippen LogP contribution in [-0.4, -0.2) is 13.1 Å². The lowest BCUT2D eigenvalue weighted by Gasteiger charge is -2.49. The molecule has 0 unspecified atom stereocenters. The maximum Gasteiger partial charge on any atom is 0.0178 e. The van der Waals surface area contributed by atoms with Crippen molar-refractivity contribution in [2.24, 2.45) is 11.8 Å². The van der Waals surface area contributed by atoms with Crippen molar-refractivity contribution in [2.75, 3.05) is 13.1 Å². The van der Waals surface area contributed by atoms with Gasteiger partial charge in [-0.15, -0.1) is 0 Å². The van der Waals surface area contributed by atoms with Crippen LogP contribution in [0.2, 0.25) is 0 Å². The van der Waals surface area contributed by atoms with Gasteiger partial charge in [-0.05, 0) is 48.9 Å². The van der Waals surface area contributed by atoms with Crippen molar-refractivity contribution < 1.29 is 0 Å². The van der Waals surface area contributed by atoms with E-state index in [0.717, 1.165) is 24.9 Å². The zero-order valence-corrected chi connectivity index (χ0v) is 14.0. The van der Waals surface area contributed by atoms with Crippen molar-refractivity contribution in [1.82, 2.24) is 5.32 Å². The molecule has 1 aromatic rings. The molecule has 2 heteroatoms. The largest absolute Gasteiger partial charge is 0.316 e. The van der Waals surface area contributed by atoms with Crippen LogP contribution in [0.3, 0.4) is 0 Å². The van der Waals surface area contributed by atoms with Gasteiger partial charge < -0.3 is 5.32 Å². The third kappa shape index (κ3) is 3.61. The molecular formula is C17H26BrN. The van der Waals surface area contributed by atoms with Crippen LogP contribution < -0.4 is 5.32 Å². The highest BCUT2D eigenvalue weighted by molar-refractivity contribution is 9.10. The molecule has 1 N–H and O–H groups in total. The zero-order valence-electron chi connectivity index (χ0n) is 12.4. The summed E-state index contributed by atoms with van der Waals surface area (Å²) < 4.78 is 1.20. The average Bonchev–Trinajstić information content (AvgIpc) is 2.32. The first-order chi connectivity index (χ1) is 9.05. The lowest BCUT2D eigenvalue weighted by molar-refractivity contribution is 0.133. The van der Waals surface area contributed by atoms with Gasteiger partial charge in [-0.1, -0.05) is 55.3 Å². The molecule has 106 valence electrons. The molecule has 2 rings (SSSR count). The zero-order chi connectivity index (χ0) is 13.9. The Hall–Kier alpha value is -0.340. The first-order valence-corrected chi connectivity index (χ1v) is 8.32. The summed E-state index contributed by atoms with van der Waals surface area (Å²) in [6.45, 7) is 9.10. The molecule has 1 fully saturated rings. The predicted molar refractivity (Wildman–Crippen MR) is 86.5 cm³/mol. The van der Waals surface area contributed by atoms with E-state index in [0.29, 0.717) is 5.41 Å². The molecule has 1 aromatic carbocycles. The van der Waals surface area contributed by atoms with E-state index in [2.05, 4.69) is 66.3 Å². The molecular weight excluding hydrogens is 298 g/mol. The molecule has 1 aliphatic rings. The van der Waals surface area contributed by atoms with Gasteiger partial charge in [0.2, 0.25) is 0 Å². The fourth-order valence-electron chi connectivity index (χ4n) is 3.23. The van der Waals surface area contributed by atoms with E-state index in [-0.39, 0.29) is 0 Å². The highest BCUT2D eigenvalue weighted by Crippen LogP contribution is 2.49. The maximum absolute atomic E-state index is 3.67. The standard InChI is InChI=1S/C17H26BrN/c1-4-14-9-17(10-14,12-19-11-13(2)3)15-6-5-7-16(18)8-15/h5-8,13-14,19H,4,9-12H2,1-3H3. The summed E-state index contributed by atoms with van der Waals surface area (Å²) in [5.74, 6) is 1.64. The van der Waals surface area contributed by atoms with E-state index >= 15 is 0 Å². The number of hydrogen-bond donors (Lipinski definition) is 1.